The normalized spacial score (nSPS) is 11.6. The van der Waals surface area contributed by atoms with E-state index in [0.717, 1.165) is 0 Å². The Balaban J connectivity index is 2.75. The number of nitrogens with one attached hydrogen (secondary N) is 1. The van der Waals surface area contributed by atoms with E-state index in [9.17, 15) is 14.7 Å². The molecule has 0 aliphatic rings. The van der Waals surface area contributed by atoms with Gasteiger partial charge in [0.15, 0.2) is 11.5 Å². The van der Waals surface area contributed by atoms with Crippen molar-refractivity contribution in [1.82, 2.24) is 5.32 Å². The molecule has 0 bridgehead atoms. The molecule has 1 unspecified atom stereocenters. The van der Waals surface area contributed by atoms with Crippen molar-refractivity contribution < 1.29 is 29.6 Å². The first-order chi connectivity index (χ1) is 8.93. The summed E-state index contributed by atoms with van der Waals surface area (Å²) in [6.45, 7) is 1.74. The summed E-state index contributed by atoms with van der Waals surface area (Å²) in [5, 5.41) is 29.6. The number of carbonyl (C=O) groups is 2. The molecule has 0 fully saturated rings. The highest BCUT2D eigenvalue weighted by molar-refractivity contribution is 5.80. The molecule has 0 heterocycles. The first-order valence-electron chi connectivity index (χ1n) is 5.61. The van der Waals surface area contributed by atoms with Gasteiger partial charge < -0.3 is 25.4 Å². The van der Waals surface area contributed by atoms with Crippen molar-refractivity contribution in [3.8, 4) is 11.5 Å². The number of amides is 1. The van der Waals surface area contributed by atoms with Crippen LogP contribution in [0.1, 0.15) is 12.5 Å². The van der Waals surface area contributed by atoms with Gasteiger partial charge in [0.25, 0.3) is 0 Å². The van der Waals surface area contributed by atoms with Gasteiger partial charge in [-0.2, -0.15) is 0 Å². The highest BCUT2D eigenvalue weighted by atomic mass is 16.5. The number of hydrogen-bond acceptors (Lipinski definition) is 5. The summed E-state index contributed by atoms with van der Waals surface area (Å²) in [6.07, 6.45) is -0.861. The smallest absolute Gasteiger partial charge is 0.407 e. The van der Waals surface area contributed by atoms with Crippen molar-refractivity contribution in [1.29, 1.82) is 0 Å². The standard InChI is InChI=1S/C12H15NO6/c1-2-19-12(18)13-8(11(16)17)5-7-3-4-9(14)10(15)6-7/h3-4,6,8,14-15H,2,5H2,1H3,(H,13,18)(H,16,17). The minimum absolute atomic E-state index is 0.0397. The first kappa shape index (κ1) is 14.6. The molecule has 4 N–H and O–H groups in total. The molecule has 0 aromatic heterocycles. The predicted molar refractivity (Wildman–Crippen MR) is 65.1 cm³/mol. The van der Waals surface area contributed by atoms with Crippen LogP contribution in [-0.4, -0.2) is 40.0 Å². The van der Waals surface area contributed by atoms with Crippen LogP contribution in [0.4, 0.5) is 4.79 Å². The van der Waals surface area contributed by atoms with Gasteiger partial charge in [-0.1, -0.05) is 6.07 Å². The number of hydrogen-bond donors (Lipinski definition) is 4. The van der Waals surface area contributed by atoms with Gasteiger partial charge >= 0.3 is 12.1 Å². The largest absolute Gasteiger partial charge is 0.504 e. The molecule has 0 aliphatic carbocycles. The molecule has 0 aliphatic heterocycles. The number of aliphatic carboxylic acids is 1. The summed E-state index contributed by atoms with van der Waals surface area (Å²) in [5.41, 5.74) is 0.458. The highest BCUT2D eigenvalue weighted by Crippen LogP contribution is 2.25. The molecular weight excluding hydrogens is 254 g/mol. The van der Waals surface area contributed by atoms with Crippen LogP contribution >= 0.6 is 0 Å². The van der Waals surface area contributed by atoms with E-state index in [1.165, 1.54) is 18.2 Å². The van der Waals surface area contributed by atoms with E-state index in [0.29, 0.717) is 5.56 Å². The average molecular weight is 269 g/mol. The van der Waals surface area contributed by atoms with Gasteiger partial charge in [-0.3, -0.25) is 0 Å². The fourth-order valence-electron chi connectivity index (χ4n) is 1.45. The van der Waals surface area contributed by atoms with Gasteiger partial charge in [0, 0.05) is 6.42 Å². The number of rotatable bonds is 5. The molecule has 7 heteroatoms. The molecule has 1 rings (SSSR count). The van der Waals surface area contributed by atoms with Gasteiger partial charge in [0.2, 0.25) is 0 Å². The molecule has 7 nitrogen and oxygen atoms in total. The monoisotopic (exact) mass is 269 g/mol. The fraction of sp³-hybridized carbons (Fsp3) is 0.333. The van der Waals surface area contributed by atoms with Crippen molar-refractivity contribution in [3.05, 3.63) is 23.8 Å². The maximum atomic E-state index is 11.2. The Kier molecular flexibility index (Phi) is 4.99. The zero-order chi connectivity index (χ0) is 14.4. The Morgan fingerprint density at radius 1 is 1.32 bits per heavy atom. The van der Waals surface area contributed by atoms with Crippen LogP contribution < -0.4 is 5.32 Å². The minimum Gasteiger partial charge on any atom is -0.504 e. The molecule has 19 heavy (non-hydrogen) atoms. The van der Waals surface area contributed by atoms with E-state index in [4.69, 9.17) is 10.2 Å². The molecule has 0 saturated heterocycles. The molecule has 1 atom stereocenters. The number of ether oxygens (including phenoxy) is 1. The summed E-state index contributed by atoms with van der Waals surface area (Å²) < 4.78 is 4.60. The Bertz CT molecular complexity index is 473. The third-order valence-electron chi connectivity index (χ3n) is 2.35. The molecule has 0 spiro atoms. The number of carboxylic acids is 1. The van der Waals surface area contributed by atoms with Crippen molar-refractivity contribution in [2.75, 3.05) is 6.61 Å². The second kappa shape index (κ2) is 6.48. The second-order valence-electron chi connectivity index (χ2n) is 3.78. The van der Waals surface area contributed by atoms with Gasteiger partial charge in [-0.25, -0.2) is 9.59 Å². The second-order valence-corrected chi connectivity index (χ2v) is 3.78. The molecule has 104 valence electrons. The van der Waals surface area contributed by atoms with Gasteiger partial charge in [-0.15, -0.1) is 0 Å². The maximum absolute atomic E-state index is 11.2. The SMILES string of the molecule is CCOC(=O)NC(Cc1ccc(O)c(O)c1)C(=O)O. The first-order valence-corrected chi connectivity index (χ1v) is 5.61. The maximum Gasteiger partial charge on any atom is 0.407 e. The number of carboxylic acid groups (broad SMARTS) is 1. The van der Waals surface area contributed by atoms with Crippen LogP contribution in [0, 0.1) is 0 Å². The zero-order valence-corrected chi connectivity index (χ0v) is 10.3. The van der Waals surface area contributed by atoms with Crippen LogP contribution in [0.25, 0.3) is 0 Å². The van der Waals surface area contributed by atoms with Crippen LogP contribution in [0.15, 0.2) is 18.2 Å². The van der Waals surface area contributed by atoms with Gasteiger partial charge in [0.1, 0.15) is 6.04 Å². The lowest BCUT2D eigenvalue weighted by Crippen LogP contribution is -2.42. The van der Waals surface area contributed by atoms with Crippen LogP contribution in [-0.2, 0) is 16.0 Å². The molecule has 0 saturated carbocycles. The van der Waals surface area contributed by atoms with Crippen LogP contribution in [0.2, 0.25) is 0 Å². The lowest BCUT2D eigenvalue weighted by Gasteiger charge is -2.14. The van der Waals surface area contributed by atoms with E-state index in [-0.39, 0.29) is 24.5 Å². The summed E-state index contributed by atoms with van der Waals surface area (Å²) in [7, 11) is 0. The number of aromatic hydroxyl groups is 2. The van der Waals surface area contributed by atoms with Gasteiger partial charge in [0.05, 0.1) is 6.61 Å². The molecule has 1 amide bonds. The lowest BCUT2D eigenvalue weighted by molar-refractivity contribution is -0.139. The number of phenolic OH excluding ortho intramolecular Hbond substituents is 2. The third kappa shape index (κ3) is 4.38. The van der Waals surface area contributed by atoms with E-state index in [1.807, 2.05) is 0 Å². The summed E-state index contributed by atoms with van der Waals surface area (Å²) in [5.74, 6) is -1.87. The molecular formula is C12H15NO6. The quantitative estimate of drug-likeness (QED) is 0.589. The average Bonchev–Trinajstić information content (AvgIpc) is 2.33. The molecule has 1 aromatic rings. The zero-order valence-electron chi connectivity index (χ0n) is 10.3. The highest BCUT2D eigenvalue weighted by Gasteiger charge is 2.21. The number of phenols is 2. The number of benzene rings is 1. The van der Waals surface area contributed by atoms with Crippen molar-refractivity contribution in [3.63, 3.8) is 0 Å². The number of alkyl carbamates (subject to hydrolysis) is 1. The minimum atomic E-state index is -1.22. The van der Waals surface area contributed by atoms with Crippen LogP contribution in [0.5, 0.6) is 11.5 Å². The van der Waals surface area contributed by atoms with Crippen molar-refractivity contribution in [2.45, 2.75) is 19.4 Å². The summed E-state index contributed by atoms with van der Waals surface area (Å²) in [6, 6.07) is 2.76. The van der Waals surface area contributed by atoms with E-state index < -0.39 is 18.1 Å². The van der Waals surface area contributed by atoms with E-state index >= 15 is 0 Å². The van der Waals surface area contributed by atoms with Gasteiger partial charge in [-0.05, 0) is 24.6 Å². The summed E-state index contributed by atoms with van der Waals surface area (Å²) >= 11 is 0. The van der Waals surface area contributed by atoms with E-state index in [2.05, 4.69) is 10.1 Å². The fourth-order valence-corrected chi connectivity index (χ4v) is 1.45. The van der Waals surface area contributed by atoms with E-state index in [1.54, 1.807) is 6.92 Å². The Labute approximate surface area is 109 Å². The Morgan fingerprint density at radius 2 is 2.00 bits per heavy atom. The van der Waals surface area contributed by atoms with Crippen molar-refractivity contribution >= 4 is 12.1 Å². The Hall–Kier alpha value is -2.44. The molecule has 0 radical (unpaired) electrons. The van der Waals surface area contributed by atoms with Crippen molar-refractivity contribution in [2.24, 2.45) is 0 Å². The lowest BCUT2D eigenvalue weighted by atomic mass is 10.1. The third-order valence-corrected chi connectivity index (χ3v) is 2.35. The topological polar surface area (TPSA) is 116 Å². The molecule has 1 aromatic carbocycles. The van der Waals surface area contributed by atoms with Crippen LogP contribution in [0.3, 0.4) is 0 Å². The Morgan fingerprint density at radius 3 is 2.53 bits per heavy atom. The summed E-state index contributed by atoms with van der Waals surface area (Å²) in [4.78, 5) is 22.2. The predicted octanol–water partition coefficient (Wildman–Crippen LogP) is 0.840. The number of carbonyl (C=O) groups excluding carboxylic acids is 1.